The molecular formula is C14H9BrN2OS. The molecule has 0 spiro atoms. The van der Waals surface area contributed by atoms with Gasteiger partial charge in [0, 0.05) is 31.9 Å². The molecule has 0 atom stereocenters. The molecule has 0 amide bonds. The van der Waals surface area contributed by atoms with Gasteiger partial charge in [-0.2, -0.15) is 0 Å². The van der Waals surface area contributed by atoms with Crippen LogP contribution in [0.15, 0.2) is 67.7 Å². The molecule has 0 aliphatic carbocycles. The summed E-state index contributed by atoms with van der Waals surface area (Å²) in [5, 5.41) is 0.954. The number of nitrogens with one attached hydrogen (secondary N) is 1. The van der Waals surface area contributed by atoms with Gasteiger partial charge in [-0.05, 0) is 36.4 Å². The van der Waals surface area contributed by atoms with Crippen LogP contribution < -0.4 is 5.56 Å². The van der Waals surface area contributed by atoms with Crippen LogP contribution in [0.1, 0.15) is 0 Å². The Morgan fingerprint density at radius 1 is 1.16 bits per heavy atom. The van der Waals surface area contributed by atoms with E-state index in [1.54, 1.807) is 24.0 Å². The number of fused-ring (bicyclic) bond motifs is 1. The lowest BCUT2D eigenvalue weighted by molar-refractivity contribution is 1.20. The molecule has 1 N–H and O–H groups in total. The lowest BCUT2D eigenvalue weighted by Crippen LogP contribution is -2.05. The van der Waals surface area contributed by atoms with Crippen molar-refractivity contribution < 1.29 is 0 Å². The number of aromatic amines is 1. The van der Waals surface area contributed by atoms with Crippen molar-refractivity contribution in [3.05, 3.63) is 63.5 Å². The highest BCUT2D eigenvalue weighted by molar-refractivity contribution is 9.10. The monoisotopic (exact) mass is 332 g/mol. The van der Waals surface area contributed by atoms with Crippen molar-refractivity contribution >= 4 is 38.7 Å². The second-order valence-electron chi connectivity index (χ2n) is 3.95. The first kappa shape index (κ1) is 12.4. The number of rotatable bonds is 2. The molecular weight excluding hydrogens is 324 g/mol. The van der Waals surface area contributed by atoms with Crippen LogP contribution in [0.5, 0.6) is 0 Å². The molecule has 94 valence electrons. The van der Waals surface area contributed by atoms with E-state index in [1.165, 1.54) is 0 Å². The van der Waals surface area contributed by atoms with Crippen molar-refractivity contribution in [3.63, 3.8) is 0 Å². The zero-order valence-corrected chi connectivity index (χ0v) is 12.2. The summed E-state index contributed by atoms with van der Waals surface area (Å²) in [5.41, 5.74) is 0.487. The third kappa shape index (κ3) is 2.72. The van der Waals surface area contributed by atoms with Crippen LogP contribution in [-0.2, 0) is 0 Å². The molecule has 0 bridgehead atoms. The molecule has 0 unspecified atom stereocenters. The molecule has 0 saturated carbocycles. The third-order valence-electron chi connectivity index (χ3n) is 2.62. The lowest BCUT2D eigenvalue weighted by Gasteiger charge is -2.05. The van der Waals surface area contributed by atoms with Crippen LogP contribution >= 0.6 is 27.7 Å². The number of benzene rings is 1. The van der Waals surface area contributed by atoms with Crippen molar-refractivity contribution in [2.45, 2.75) is 9.79 Å². The molecule has 0 radical (unpaired) electrons. The number of H-pyrrole nitrogens is 1. The molecule has 0 aliphatic rings. The Morgan fingerprint density at radius 3 is 2.74 bits per heavy atom. The third-order valence-corrected chi connectivity index (χ3v) is 4.21. The Morgan fingerprint density at radius 2 is 1.95 bits per heavy atom. The minimum atomic E-state index is -0.134. The van der Waals surface area contributed by atoms with Crippen molar-refractivity contribution in [3.8, 4) is 0 Å². The van der Waals surface area contributed by atoms with Crippen molar-refractivity contribution in [1.82, 2.24) is 9.97 Å². The molecule has 2 aromatic heterocycles. The van der Waals surface area contributed by atoms with E-state index < -0.39 is 0 Å². The first-order chi connectivity index (χ1) is 9.22. The van der Waals surface area contributed by atoms with E-state index in [1.807, 2.05) is 36.4 Å². The Kier molecular flexibility index (Phi) is 3.40. The zero-order chi connectivity index (χ0) is 13.2. The Labute approximate surface area is 122 Å². The number of hydrogen-bond donors (Lipinski definition) is 1. The smallest absolute Gasteiger partial charge is 0.250 e. The average molecular weight is 333 g/mol. The van der Waals surface area contributed by atoms with Crippen LogP contribution in [0.4, 0.5) is 0 Å². The van der Waals surface area contributed by atoms with Crippen LogP contribution in [-0.4, -0.2) is 9.97 Å². The van der Waals surface area contributed by atoms with E-state index >= 15 is 0 Å². The van der Waals surface area contributed by atoms with E-state index in [2.05, 4.69) is 25.9 Å². The van der Waals surface area contributed by atoms with Crippen LogP contribution in [0.2, 0.25) is 0 Å². The van der Waals surface area contributed by atoms with Crippen molar-refractivity contribution in [2.75, 3.05) is 0 Å². The van der Waals surface area contributed by atoms with Gasteiger partial charge in [-0.25, -0.2) is 4.98 Å². The summed E-state index contributed by atoms with van der Waals surface area (Å²) in [4.78, 5) is 20.5. The number of pyridine rings is 2. The summed E-state index contributed by atoms with van der Waals surface area (Å²) < 4.78 is 1.04. The summed E-state index contributed by atoms with van der Waals surface area (Å²) in [6.45, 7) is 0. The molecule has 3 aromatic rings. The minimum Gasteiger partial charge on any atom is -0.307 e. The molecule has 1 aromatic carbocycles. The van der Waals surface area contributed by atoms with Gasteiger partial charge in [-0.15, -0.1) is 0 Å². The van der Waals surface area contributed by atoms with Gasteiger partial charge in [0.05, 0.1) is 0 Å². The van der Waals surface area contributed by atoms with Gasteiger partial charge < -0.3 is 4.98 Å². The summed E-state index contributed by atoms with van der Waals surface area (Å²) in [6, 6.07) is 13.4. The van der Waals surface area contributed by atoms with Crippen molar-refractivity contribution in [1.29, 1.82) is 0 Å². The van der Waals surface area contributed by atoms with E-state index in [4.69, 9.17) is 0 Å². The van der Waals surface area contributed by atoms with E-state index in [-0.39, 0.29) is 5.56 Å². The summed E-state index contributed by atoms with van der Waals surface area (Å²) in [7, 11) is 0. The lowest BCUT2D eigenvalue weighted by atomic mass is 10.3. The zero-order valence-electron chi connectivity index (χ0n) is 9.76. The highest BCUT2D eigenvalue weighted by atomic mass is 79.9. The predicted octanol–water partition coefficient (Wildman–Crippen LogP) is 3.84. The Bertz CT molecular complexity index is 783. The van der Waals surface area contributed by atoms with Gasteiger partial charge in [-0.3, -0.25) is 4.79 Å². The molecule has 2 heterocycles. The maximum atomic E-state index is 11.6. The maximum Gasteiger partial charge on any atom is 0.250 e. The average Bonchev–Trinajstić information content (AvgIpc) is 2.41. The van der Waals surface area contributed by atoms with Gasteiger partial charge >= 0.3 is 0 Å². The predicted molar refractivity (Wildman–Crippen MR) is 80.6 cm³/mol. The maximum absolute atomic E-state index is 11.6. The molecule has 5 heteroatoms. The highest BCUT2D eigenvalue weighted by Crippen LogP contribution is 2.31. The summed E-state index contributed by atoms with van der Waals surface area (Å²) >= 11 is 4.97. The second-order valence-corrected chi connectivity index (χ2v) is 5.98. The van der Waals surface area contributed by atoms with E-state index in [9.17, 15) is 4.79 Å². The number of halogens is 1. The fraction of sp³-hybridized carbons (Fsp3) is 0. The second kappa shape index (κ2) is 5.19. The fourth-order valence-electron chi connectivity index (χ4n) is 1.77. The number of aromatic nitrogens is 2. The Balaban J connectivity index is 2.09. The van der Waals surface area contributed by atoms with Crippen LogP contribution in [0.3, 0.4) is 0 Å². The van der Waals surface area contributed by atoms with Gasteiger partial charge in [0.1, 0.15) is 5.65 Å². The molecule has 0 saturated heterocycles. The summed E-state index contributed by atoms with van der Waals surface area (Å²) in [5.74, 6) is 0. The normalized spacial score (nSPS) is 10.8. The van der Waals surface area contributed by atoms with Crippen LogP contribution in [0.25, 0.3) is 11.0 Å². The molecule has 3 rings (SSSR count). The molecule has 19 heavy (non-hydrogen) atoms. The topological polar surface area (TPSA) is 45.8 Å². The number of nitrogens with zero attached hydrogens (tertiary/aromatic N) is 1. The quantitative estimate of drug-likeness (QED) is 0.775. The first-order valence-corrected chi connectivity index (χ1v) is 7.25. The molecule has 0 aliphatic heterocycles. The van der Waals surface area contributed by atoms with Crippen LogP contribution in [0, 0.1) is 0 Å². The fourth-order valence-corrected chi connectivity index (χ4v) is 3.00. The van der Waals surface area contributed by atoms with Crippen molar-refractivity contribution in [2.24, 2.45) is 0 Å². The Hall–Kier alpha value is -1.59. The van der Waals surface area contributed by atoms with Gasteiger partial charge in [-0.1, -0.05) is 27.7 Å². The van der Waals surface area contributed by atoms with Gasteiger partial charge in [0.15, 0.2) is 0 Å². The van der Waals surface area contributed by atoms with Gasteiger partial charge in [0.25, 0.3) is 5.56 Å². The van der Waals surface area contributed by atoms with E-state index in [0.29, 0.717) is 5.65 Å². The standard InChI is InChI=1S/C14H9BrN2OS/c15-9-3-5-10(6-4-9)19-12-8-13(18)17-14-11(12)2-1-7-16-14/h1-8H,(H,16,17,18). The largest absolute Gasteiger partial charge is 0.307 e. The SMILES string of the molecule is O=c1cc(Sc2ccc(Br)cc2)c2cccnc2[nH]1. The molecule has 0 fully saturated rings. The summed E-state index contributed by atoms with van der Waals surface area (Å²) in [6.07, 6.45) is 1.67. The van der Waals surface area contributed by atoms with E-state index in [0.717, 1.165) is 19.6 Å². The molecule has 3 nitrogen and oxygen atoms in total. The minimum absolute atomic E-state index is 0.134. The highest BCUT2D eigenvalue weighted by Gasteiger charge is 2.05. The first-order valence-electron chi connectivity index (χ1n) is 5.64. The number of hydrogen-bond acceptors (Lipinski definition) is 3. The van der Waals surface area contributed by atoms with Gasteiger partial charge in [0.2, 0.25) is 0 Å².